The fourth-order valence-electron chi connectivity index (χ4n) is 2.57. The van der Waals surface area contributed by atoms with Gasteiger partial charge in [-0.05, 0) is 36.8 Å². The number of benzene rings is 2. The second-order valence-corrected chi connectivity index (χ2v) is 6.55. The van der Waals surface area contributed by atoms with Gasteiger partial charge in [0.25, 0.3) is 5.91 Å². The van der Waals surface area contributed by atoms with E-state index >= 15 is 0 Å². The predicted octanol–water partition coefficient (Wildman–Crippen LogP) is 3.65. The number of carbonyl (C=O) groups excluding carboxylic acids is 2. The van der Waals surface area contributed by atoms with Gasteiger partial charge in [-0.15, -0.1) is 0 Å². The molecule has 6 nitrogen and oxygen atoms in total. The van der Waals surface area contributed by atoms with E-state index in [0.717, 1.165) is 14.9 Å². The lowest BCUT2D eigenvalue weighted by Gasteiger charge is -2.11. The molecule has 26 heavy (non-hydrogen) atoms. The first kappa shape index (κ1) is 18.0. The summed E-state index contributed by atoms with van der Waals surface area (Å²) in [7, 11) is 0. The molecule has 134 valence electrons. The maximum atomic E-state index is 12.6. The number of phenols is 1. The van der Waals surface area contributed by atoms with Crippen LogP contribution in [0.15, 0.2) is 52.6 Å². The zero-order valence-corrected chi connectivity index (χ0v) is 15.6. The summed E-state index contributed by atoms with van der Waals surface area (Å²) in [6.45, 7) is 2.38. The van der Waals surface area contributed by atoms with Crippen molar-refractivity contribution in [2.75, 3.05) is 6.61 Å². The number of rotatable bonds is 5. The van der Waals surface area contributed by atoms with E-state index in [9.17, 15) is 14.7 Å². The van der Waals surface area contributed by atoms with Crippen LogP contribution in [0.2, 0.25) is 0 Å². The molecule has 1 aliphatic rings. The molecule has 0 aromatic heterocycles. The molecule has 2 N–H and O–H groups in total. The number of nitrogens with zero attached hydrogens (tertiary/aromatic N) is 1. The number of hydrogen-bond acceptors (Lipinski definition) is 4. The van der Waals surface area contributed by atoms with Gasteiger partial charge < -0.3 is 15.2 Å². The van der Waals surface area contributed by atoms with Gasteiger partial charge in [0.2, 0.25) is 0 Å². The minimum absolute atomic E-state index is 0.0738. The summed E-state index contributed by atoms with van der Waals surface area (Å²) in [6.07, 6.45) is 1.44. The minimum Gasteiger partial charge on any atom is -0.504 e. The molecule has 0 saturated carbocycles. The summed E-state index contributed by atoms with van der Waals surface area (Å²) in [5, 5.41) is 12.8. The highest BCUT2D eigenvalue weighted by molar-refractivity contribution is 9.10. The van der Waals surface area contributed by atoms with E-state index in [4.69, 9.17) is 4.74 Å². The van der Waals surface area contributed by atoms with Crippen molar-refractivity contribution < 1.29 is 19.4 Å². The van der Waals surface area contributed by atoms with Crippen molar-refractivity contribution in [3.63, 3.8) is 0 Å². The Labute approximate surface area is 159 Å². The Balaban J connectivity index is 1.83. The number of halogens is 1. The summed E-state index contributed by atoms with van der Waals surface area (Å²) in [4.78, 5) is 25.9. The largest absolute Gasteiger partial charge is 0.504 e. The highest BCUT2D eigenvalue weighted by Crippen LogP contribution is 2.31. The second kappa shape index (κ2) is 7.61. The molecule has 2 aromatic rings. The lowest BCUT2D eigenvalue weighted by Crippen LogP contribution is -2.30. The average molecular weight is 417 g/mol. The van der Waals surface area contributed by atoms with Crippen LogP contribution in [-0.2, 0) is 11.3 Å². The molecule has 2 aromatic carbocycles. The van der Waals surface area contributed by atoms with Crippen molar-refractivity contribution in [2.45, 2.75) is 13.5 Å². The number of para-hydroxylation sites is 1. The molecule has 0 spiro atoms. The third-order valence-corrected chi connectivity index (χ3v) is 4.37. The van der Waals surface area contributed by atoms with Crippen molar-refractivity contribution in [3.05, 3.63) is 63.8 Å². The number of hydrogen-bond donors (Lipinski definition) is 2. The number of amides is 3. The van der Waals surface area contributed by atoms with Crippen molar-refractivity contribution in [3.8, 4) is 11.5 Å². The highest BCUT2D eigenvalue weighted by Gasteiger charge is 2.33. The Bertz CT molecular complexity index is 878. The molecule has 0 aliphatic carbocycles. The lowest BCUT2D eigenvalue weighted by molar-refractivity contribution is -0.123. The van der Waals surface area contributed by atoms with Crippen LogP contribution in [0.25, 0.3) is 6.08 Å². The molecular weight excluding hydrogens is 400 g/mol. The van der Waals surface area contributed by atoms with E-state index in [1.807, 2.05) is 31.2 Å². The quantitative estimate of drug-likeness (QED) is 0.575. The molecule has 0 bridgehead atoms. The zero-order valence-electron chi connectivity index (χ0n) is 14.0. The first-order valence-corrected chi connectivity index (χ1v) is 8.82. The predicted molar refractivity (Wildman–Crippen MR) is 100 cm³/mol. The summed E-state index contributed by atoms with van der Waals surface area (Å²) < 4.78 is 6.25. The molecule has 0 radical (unpaired) electrons. The highest BCUT2D eigenvalue weighted by atomic mass is 79.9. The molecule has 7 heteroatoms. The van der Waals surface area contributed by atoms with Crippen LogP contribution in [0.4, 0.5) is 4.79 Å². The normalized spacial score (nSPS) is 15.5. The molecule has 1 saturated heterocycles. The van der Waals surface area contributed by atoms with Crippen molar-refractivity contribution >= 4 is 33.9 Å². The standard InChI is InChI=1S/C19H17BrN2O4/c1-2-26-16-5-3-4-13(17(16)23)10-15-18(24)22(19(25)21-15)11-12-6-8-14(20)9-7-12/h3-10,23H,2,11H2,1H3,(H,21,25)/b15-10+. The van der Waals surface area contributed by atoms with Crippen LogP contribution < -0.4 is 10.1 Å². The number of urea groups is 1. The Morgan fingerprint density at radius 1 is 1.19 bits per heavy atom. The minimum atomic E-state index is -0.496. The smallest absolute Gasteiger partial charge is 0.329 e. The van der Waals surface area contributed by atoms with Crippen molar-refractivity contribution in [2.24, 2.45) is 0 Å². The van der Waals surface area contributed by atoms with Crippen LogP contribution >= 0.6 is 15.9 Å². The van der Waals surface area contributed by atoms with Gasteiger partial charge in [-0.25, -0.2) is 4.79 Å². The van der Waals surface area contributed by atoms with Crippen LogP contribution in [0, 0.1) is 0 Å². The monoisotopic (exact) mass is 416 g/mol. The van der Waals surface area contributed by atoms with E-state index in [2.05, 4.69) is 21.2 Å². The first-order chi connectivity index (χ1) is 12.5. The molecule has 1 heterocycles. The number of phenolic OH excluding ortho intramolecular Hbond substituents is 1. The first-order valence-electron chi connectivity index (χ1n) is 8.03. The van der Waals surface area contributed by atoms with Gasteiger partial charge in [0.05, 0.1) is 13.2 Å². The number of aromatic hydroxyl groups is 1. The van der Waals surface area contributed by atoms with E-state index in [0.29, 0.717) is 17.9 Å². The number of nitrogens with one attached hydrogen (secondary N) is 1. The fraction of sp³-hybridized carbons (Fsp3) is 0.158. The lowest BCUT2D eigenvalue weighted by atomic mass is 10.1. The van der Waals surface area contributed by atoms with Gasteiger partial charge in [0.15, 0.2) is 11.5 Å². The molecule has 1 fully saturated rings. The van der Waals surface area contributed by atoms with Crippen molar-refractivity contribution in [1.82, 2.24) is 10.2 Å². The molecule has 1 aliphatic heterocycles. The maximum Gasteiger partial charge on any atom is 0.329 e. The third-order valence-electron chi connectivity index (χ3n) is 3.85. The van der Waals surface area contributed by atoms with Crippen LogP contribution in [0.3, 0.4) is 0 Å². The van der Waals surface area contributed by atoms with E-state index < -0.39 is 11.9 Å². The summed E-state index contributed by atoms with van der Waals surface area (Å²) in [5.74, 6) is -0.195. The molecule has 3 amide bonds. The van der Waals surface area contributed by atoms with Crippen molar-refractivity contribution in [1.29, 1.82) is 0 Å². The Hall–Kier alpha value is -2.80. The van der Waals surface area contributed by atoms with Gasteiger partial charge in [-0.1, -0.05) is 40.2 Å². The Morgan fingerprint density at radius 3 is 2.62 bits per heavy atom. The molecular formula is C19H17BrN2O4. The maximum absolute atomic E-state index is 12.6. The van der Waals surface area contributed by atoms with Gasteiger partial charge in [-0.3, -0.25) is 9.69 Å². The van der Waals surface area contributed by atoms with E-state index in [1.165, 1.54) is 6.08 Å². The molecule has 3 rings (SSSR count). The van der Waals surface area contributed by atoms with Gasteiger partial charge in [0, 0.05) is 10.0 Å². The molecule has 0 atom stereocenters. The van der Waals surface area contributed by atoms with Crippen LogP contribution in [0.1, 0.15) is 18.1 Å². The Morgan fingerprint density at radius 2 is 1.92 bits per heavy atom. The topological polar surface area (TPSA) is 78.9 Å². The van der Waals surface area contributed by atoms with Gasteiger partial charge in [-0.2, -0.15) is 0 Å². The fourth-order valence-corrected chi connectivity index (χ4v) is 2.84. The second-order valence-electron chi connectivity index (χ2n) is 5.63. The average Bonchev–Trinajstić information content (AvgIpc) is 2.88. The number of imide groups is 1. The van der Waals surface area contributed by atoms with Crippen LogP contribution in [0.5, 0.6) is 11.5 Å². The zero-order chi connectivity index (χ0) is 18.7. The van der Waals surface area contributed by atoms with Crippen LogP contribution in [-0.4, -0.2) is 28.6 Å². The Kier molecular flexibility index (Phi) is 5.27. The van der Waals surface area contributed by atoms with Gasteiger partial charge in [0.1, 0.15) is 5.70 Å². The number of ether oxygens (including phenoxy) is 1. The third kappa shape index (κ3) is 3.72. The summed E-state index contributed by atoms with van der Waals surface area (Å²) in [6, 6.07) is 11.9. The van der Waals surface area contributed by atoms with E-state index in [-0.39, 0.29) is 18.0 Å². The summed E-state index contributed by atoms with van der Waals surface area (Å²) >= 11 is 3.35. The van der Waals surface area contributed by atoms with Gasteiger partial charge >= 0.3 is 6.03 Å². The summed E-state index contributed by atoms with van der Waals surface area (Å²) in [5.41, 5.74) is 1.33. The van der Waals surface area contributed by atoms with E-state index in [1.54, 1.807) is 18.2 Å². The SMILES string of the molecule is CCOc1cccc(/C=C2/NC(=O)N(Cc3ccc(Br)cc3)C2=O)c1O. The molecule has 0 unspecified atom stereocenters. The number of carbonyl (C=O) groups is 2.